The molecule has 0 radical (unpaired) electrons. The van der Waals surface area contributed by atoms with E-state index in [2.05, 4.69) is 9.97 Å². The SMILES string of the molecule is CCCOc1nccc2[nH]c(C(=O)[O-])cc12.[Na+]. The first-order valence-electron chi connectivity index (χ1n) is 5.04. The number of nitrogens with zero attached hydrogens (tertiary/aromatic N) is 1. The van der Waals surface area contributed by atoms with Crippen LogP contribution in [0.1, 0.15) is 23.8 Å². The Bertz CT molecular complexity index is 524. The Balaban J connectivity index is 0.00000144. The van der Waals surface area contributed by atoms with Gasteiger partial charge in [0.2, 0.25) is 5.88 Å². The summed E-state index contributed by atoms with van der Waals surface area (Å²) in [6, 6.07) is 3.17. The van der Waals surface area contributed by atoms with Crippen molar-refractivity contribution in [1.82, 2.24) is 9.97 Å². The summed E-state index contributed by atoms with van der Waals surface area (Å²) in [5.74, 6) is -0.791. The molecule has 2 aromatic heterocycles. The zero-order valence-electron chi connectivity index (χ0n) is 9.82. The molecule has 0 bridgehead atoms. The quantitative estimate of drug-likeness (QED) is 0.613. The van der Waals surface area contributed by atoms with E-state index in [1.165, 1.54) is 6.07 Å². The summed E-state index contributed by atoms with van der Waals surface area (Å²) in [6.07, 6.45) is 2.44. The molecule has 17 heavy (non-hydrogen) atoms. The van der Waals surface area contributed by atoms with Gasteiger partial charge in [-0.1, -0.05) is 6.92 Å². The molecule has 0 atom stereocenters. The fourth-order valence-corrected chi connectivity index (χ4v) is 1.45. The molecule has 6 heteroatoms. The number of fused-ring (bicyclic) bond motifs is 1. The van der Waals surface area contributed by atoms with E-state index < -0.39 is 5.97 Å². The van der Waals surface area contributed by atoms with Gasteiger partial charge in [0, 0.05) is 6.20 Å². The van der Waals surface area contributed by atoms with Gasteiger partial charge in [-0.2, -0.15) is 0 Å². The van der Waals surface area contributed by atoms with E-state index in [9.17, 15) is 9.90 Å². The minimum atomic E-state index is -1.24. The van der Waals surface area contributed by atoms with Crippen LogP contribution in [0.15, 0.2) is 18.3 Å². The van der Waals surface area contributed by atoms with E-state index in [1.54, 1.807) is 12.3 Å². The second-order valence-corrected chi connectivity index (χ2v) is 3.40. The topological polar surface area (TPSA) is 78.0 Å². The summed E-state index contributed by atoms with van der Waals surface area (Å²) < 4.78 is 5.42. The van der Waals surface area contributed by atoms with Crippen molar-refractivity contribution in [3.63, 3.8) is 0 Å². The van der Waals surface area contributed by atoms with Crippen LogP contribution < -0.4 is 39.4 Å². The molecule has 0 unspecified atom stereocenters. The summed E-state index contributed by atoms with van der Waals surface area (Å²) >= 11 is 0. The average Bonchev–Trinajstić information content (AvgIpc) is 2.70. The van der Waals surface area contributed by atoms with E-state index in [0.29, 0.717) is 23.4 Å². The molecule has 0 aliphatic heterocycles. The first kappa shape index (κ1) is 14.0. The predicted octanol–water partition coefficient (Wildman–Crippen LogP) is -2.28. The molecule has 0 saturated heterocycles. The first-order chi connectivity index (χ1) is 7.72. The first-order valence-corrected chi connectivity index (χ1v) is 5.04. The monoisotopic (exact) mass is 242 g/mol. The molecule has 84 valence electrons. The number of hydrogen-bond donors (Lipinski definition) is 1. The standard InChI is InChI=1S/C11H12N2O3.Na/c1-2-5-16-10-7-6-9(11(14)15)13-8(7)3-4-12-10;/h3-4,6,13H,2,5H2,1H3,(H,14,15);/q;+1/p-1. The molecule has 0 aromatic carbocycles. The van der Waals surface area contributed by atoms with E-state index in [1.807, 2.05) is 6.92 Å². The minimum Gasteiger partial charge on any atom is -0.543 e. The van der Waals surface area contributed by atoms with E-state index in [0.717, 1.165) is 6.42 Å². The van der Waals surface area contributed by atoms with E-state index >= 15 is 0 Å². The number of carbonyl (C=O) groups is 1. The van der Waals surface area contributed by atoms with Gasteiger partial charge in [0.05, 0.1) is 29.2 Å². The zero-order valence-corrected chi connectivity index (χ0v) is 11.8. The van der Waals surface area contributed by atoms with Gasteiger partial charge in [0.15, 0.2) is 0 Å². The number of pyridine rings is 1. The summed E-state index contributed by atoms with van der Waals surface area (Å²) in [4.78, 5) is 17.5. The van der Waals surface area contributed by atoms with Gasteiger partial charge in [0.25, 0.3) is 0 Å². The van der Waals surface area contributed by atoms with Crippen LogP contribution in [-0.2, 0) is 0 Å². The van der Waals surface area contributed by atoms with E-state index in [-0.39, 0.29) is 35.3 Å². The minimum absolute atomic E-state index is 0. The molecular weight excluding hydrogens is 231 g/mol. The molecule has 0 fully saturated rings. The number of nitrogens with one attached hydrogen (secondary N) is 1. The Morgan fingerprint density at radius 1 is 1.59 bits per heavy atom. The summed E-state index contributed by atoms with van der Waals surface area (Å²) in [5.41, 5.74) is 0.713. The number of rotatable bonds is 4. The molecule has 1 N–H and O–H groups in total. The van der Waals surface area contributed by atoms with Crippen LogP contribution in [0.25, 0.3) is 10.9 Å². The van der Waals surface area contributed by atoms with Crippen molar-refractivity contribution in [3.05, 3.63) is 24.0 Å². The van der Waals surface area contributed by atoms with Gasteiger partial charge in [-0.25, -0.2) is 4.98 Å². The number of aromatic amines is 1. The van der Waals surface area contributed by atoms with Crippen molar-refractivity contribution in [2.24, 2.45) is 0 Å². The molecule has 0 saturated carbocycles. The second-order valence-electron chi connectivity index (χ2n) is 3.40. The van der Waals surface area contributed by atoms with Crippen LogP contribution in [0.4, 0.5) is 0 Å². The van der Waals surface area contributed by atoms with Crippen molar-refractivity contribution in [2.75, 3.05) is 6.61 Å². The van der Waals surface area contributed by atoms with Crippen LogP contribution in [-0.4, -0.2) is 22.5 Å². The van der Waals surface area contributed by atoms with Crippen molar-refractivity contribution in [3.8, 4) is 5.88 Å². The number of carboxylic acids is 1. The summed E-state index contributed by atoms with van der Waals surface area (Å²) in [7, 11) is 0. The number of carbonyl (C=O) groups excluding carboxylic acids is 1. The largest absolute Gasteiger partial charge is 1.00 e. The van der Waals surface area contributed by atoms with Gasteiger partial charge < -0.3 is 19.6 Å². The van der Waals surface area contributed by atoms with Crippen LogP contribution in [0.2, 0.25) is 0 Å². The Labute approximate surface area is 120 Å². The molecular formula is C11H11N2NaO3. The Morgan fingerprint density at radius 2 is 2.35 bits per heavy atom. The molecule has 5 nitrogen and oxygen atoms in total. The van der Waals surface area contributed by atoms with Crippen molar-refractivity contribution < 1.29 is 44.2 Å². The van der Waals surface area contributed by atoms with Crippen LogP contribution in [0.3, 0.4) is 0 Å². The maximum atomic E-state index is 10.7. The normalized spacial score (nSPS) is 9.94. The molecule has 0 aliphatic rings. The fourth-order valence-electron chi connectivity index (χ4n) is 1.45. The van der Waals surface area contributed by atoms with E-state index in [4.69, 9.17) is 4.74 Å². The molecule has 0 aliphatic carbocycles. The smallest absolute Gasteiger partial charge is 0.543 e. The Morgan fingerprint density at radius 3 is 3.00 bits per heavy atom. The number of aromatic nitrogens is 2. The predicted molar refractivity (Wildman–Crippen MR) is 56.2 cm³/mol. The summed E-state index contributed by atoms with van der Waals surface area (Å²) in [5, 5.41) is 11.4. The molecule has 2 aromatic rings. The van der Waals surface area contributed by atoms with Gasteiger partial charge in [0.1, 0.15) is 0 Å². The molecule has 0 amide bonds. The van der Waals surface area contributed by atoms with Crippen molar-refractivity contribution in [1.29, 1.82) is 0 Å². The van der Waals surface area contributed by atoms with Gasteiger partial charge in [-0.15, -0.1) is 0 Å². The third-order valence-electron chi connectivity index (χ3n) is 2.17. The van der Waals surface area contributed by atoms with Crippen LogP contribution in [0.5, 0.6) is 5.88 Å². The number of H-pyrrole nitrogens is 1. The van der Waals surface area contributed by atoms with Gasteiger partial charge in [-0.3, -0.25) is 0 Å². The fraction of sp³-hybridized carbons (Fsp3) is 0.273. The number of carboxylic acid groups (broad SMARTS) is 1. The zero-order chi connectivity index (χ0) is 11.5. The third kappa shape index (κ3) is 3.00. The Hall–Kier alpha value is -1.04. The average molecular weight is 242 g/mol. The molecule has 2 rings (SSSR count). The molecule has 2 heterocycles. The molecule has 0 spiro atoms. The maximum Gasteiger partial charge on any atom is 1.00 e. The van der Waals surface area contributed by atoms with Crippen LogP contribution in [0, 0.1) is 0 Å². The third-order valence-corrected chi connectivity index (χ3v) is 2.17. The number of hydrogen-bond acceptors (Lipinski definition) is 4. The second kappa shape index (κ2) is 6.05. The van der Waals surface area contributed by atoms with Gasteiger partial charge in [-0.05, 0) is 18.6 Å². The number of ether oxygens (including phenoxy) is 1. The maximum absolute atomic E-state index is 10.7. The van der Waals surface area contributed by atoms with Crippen LogP contribution >= 0.6 is 0 Å². The van der Waals surface area contributed by atoms with Crippen molar-refractivity contribution >= 4 is 16.9 Å². The Kier molecular flexibility index (Phi) is 4.99. The van der Waals surface area contributed by atoms with Crippen molar-refractivity contribution in [2.45, 2.75) is 13.3 Å². The van der Waals surface area contributed by atoms with Gasteiger partial charge >= 0.3 is 29.6 Å². The number of aromatic carboxylic acids is 1. The summed E-state index contributed by atoms with van der Waals surface area (Å²) in [6.45, 7) is 2.54.